The molecule has 3 heteroatoms. The molecule has 0 aliphatic heterocycles. The lowest BCUT2D eigenvalue weighted by atomic mass is 10.0. The van der Waals surface area contributed by atoms with Gasteiger partial charge in [0.2, 0.25) is 0 Å². The molecule has 0 aliphatic rings. The Morgan fingerprint density at radius 2 is 1.29 bits per heavy atom. The smallest absolute Gasteiger partial charge is 0.255 e. The molecule has 0 saturated carbocycles. The second kappa shape index (κ2) is 8.68. The Morgan fingerprint density at radius 1 is 0.714 bits per heavy atom. The van der Waals surface area contributed by atoms with Gasteiger partial charge in [0.15, 0.2) is 0 Å². The highest BCUT2D eigenvalue weighted by Gasteiger charge is 2.20. The molecule has 28 heavy (non-hydrogen) atoms. The molecule has 138 valence electrons. The first kappa shape index (κ1) is 18.2. The molecule has 4 aromatic rings. The van der Waals surface area contributed by atoms with Gasteiger partial charge in [-0.05, 0) is 45.1 Å². The molecule has 0 aliphatic carbocycles. The number of rotatable bonds is 6. The summed E-state index contributed by atoms with van der Waals surface area (Å²) in [6.45, 7) is 1.15. The maximum atomic E-state index is 13.6. The van der Waals surface area contributed by atoms with Crippen molar-refractivity contribution in [3.63, 3.8) is 0 Å². The molecule has 0 spiro atoms. The highest BCUT2D eigenvalue weighted by Crippen LogP contribution is 2.27. The van der Waals surface area contributed by atoms with Crippen LogP contribution in [0.3, 0.4) is 0 Å². The van der Waals surface area contributed by atoms with Gasteiger partial charge in [-0.2, -0.15) is 11.3 Å². The minimum Gasteiger partial charge on any atom is -0.330 e. The number of amides is 1. The average Bonchev–Trinajstić information content (AvgIpc) is 3.29. The summed E-state index contributed by atoms with van der Waals surface area (Å²) in [7, 11) is 0. The summed E-state index contributed by atoms with van der Waals surface area (Å²) in [6.07, 6.45) is 0. The zero-order valence-electron chi connectivity index (χ0n) is 15.5. The van der Waals surface area contributed by atoms with Crippen LogP contribution < -0.4 is 0 Å². The van der Waals surface area contributed by atoms with Gasteiger partial charge in [-0.25, -0.2) is 0 Å². The highest BCUT2D eigenvalue weighted by atomic mass is 32.1. The molecule has 1 heterocycles. The molecule has 1 amide bonds. The standard InChI is InChI=1S/C25H21NOS/c27-25(24-14-8-7-13-23(24)22-15-16-28-19-22)26(17-20-9-3-1-4-10-20)18-21-11-5-2-6-12-21/h1-16,19H,17-18H2. The van der Waals surface area contributed by atoms with E-state index in [-0.39, 0.29) is 5.91 Å². The van der Waals surface area contributed by atoms with Crippen molar-refractivity contribution in [2.45, 2.75) is 13.1 Å². The summed E-state index contributed by atoms with van der Waals surface area (Å²) < 4.78 is 0. The van der Waals surface area contributed by atoms with E-state index in [0.717, 1.165) is 27.8 Å². The van der Waals surface area contributed by atoms with E-state index in [1.165, 1.54) is 0 Å². The Labute approximate surface area is 169 Å². The first-order valence-corrected chi connectivity index (χ1v) is 10.2. The van der Waals surface area contributed by atoms with E-state index in [1.807, 2.05) is 70.9 Å². The lowest BCUT2D eigenvalue weighted by Gasteiger charge is -2.24. The van der Waals surface area contributed by atoms with Crippen molar-refractivity contribution in [3.05, 3.63) is 118 Å². The van der Waals surface area contributed by atoms with Crippen LogP contribution in [0, 0.1) is 0 Å². The van der Waals surface area contributed by atoms with Crippen LogP contribution in [0.2, 0.25) is 0 Å². The van der Waals surface area contributed by atoms with E-state index in [1.54, 1.807) is 11.3 Å². The van der Waals surface area contributed by atoms with E-state index < -0.39 is 0 Å². The fourth-order valence-electron chi connectivity index (χ4n) is 3.32. The molecule has 0 N–H and O–H groups in total. The molecular formula is C25H21NOS. The van der Waals surface area contributed by atoms with E-state index in [9.17, 15) is 4.79 Å². The maximum Gasteiger partial charge on any atom is 0.255 e. The molecule has 0 bridgehead atoms. The summed E-state index contributed by atoms with van der Waals surface area (Å²) in [5, 5.41) is 4.13. The Hall–Kier alpha value is -3.17. The summed E-state index contributed by atoms with van der Waals surface area (Å²) in [4.78, 5) is 15.5. The molecule has 0 unspecified atom stereocenters. The maximum absolute atomic E-state index is 13.6. The molecule has 0 atom stereocenters. The third-order valence-corrected chi connectivity index (χ3v) is 5.39. The predicted octanol–water partition coefficient (Wildman–Crippen LogP) is 6.26. The fourth-order valence-corrected chi connectivity index (χ4v) is 3.97. The number of benzene rings is 3. The quantitative estimate of drug-likeness (QED) is 0.385. The summed E-state index contributed by atoms with van der Waals surface area (Å²) in [5.74, 6) is 0.0505. The molecule has 1 aromatic heterocycles. The fraction of sp³-hybridized carbons (Fsp3) is 0.0800. The van der Waals surface area contributed by atoms with Crippen molar-refractivity contribution in [1.82, 2.24) is 4.90 Å². The molecule has 4 rings (SSSR count). The minimum atomic E-state index is 0.0505. The number of carbonyl (C=O) groups is 1. The second-order valence-electron chi connectivity index (χ2n) is 6.69. The topological polar surface area (TPSA) is 20.3 Å². The Kier molecular flexibility index (Phi) is 5.64. The van der Waals surface area contributed by atoms with Gasteiger partial charge in [-0.1, -0.05) is 78.9 Å². The zero-order chi connectivity index (χ0) is 19.2. The molecule has 3 aromatic carbocycles. The van der Waals surface area contributed by atoms with Crippen molar-refractivity contribution >= 4 is 17.2 Å². The van der Waals surface area contributed by atoms with Crippen LogP contribution in [0.15, 0.2) is 102 Å². The lowest BCUT2D eigenvalue weighted by Crippen LogP contribution is -2.30. The number of hydrogen-bond acceptors (Lipinski definition) is 2. The van der Waals surface area contributed by atoms with E-state index >= 15 is 0 Å². The van der Waals surface area contributed by atoms with Crippen molar-refractivity contribution < 1.29 is 4.79 Å². The van der Waals surface area contributed by atoms with E-state index in [2.05, 4.69) is 35.7 Å². The van der Waals surface area contributed by atoms with Crippen LogP contribution >= 0.6 is 11.3 Å². The van der Waals surface area contributed by atoms with Crippen molar-refractivity contribution in [1.29, 1.82) is 0 Å². The molecule has 2 nitrogen and oxygen atoms in total. The van der Waals surface area contributed by atoms with Crippen LogP contribution in [0.4, 0.5) is 0 Å². The van der Waals surface area contributed by atoms with Gasteiger partial charge in [0.05, 0.1) is 0 Å². The summed E-state index contributed by atoms with van der Waals surface area (Å²) in [5.41, 5.74) is 5.07. The van der Waals surface area contributed by atoms with E-state index in [0.29, 0.717) is 13.1 Å². The second-order valence-corrected chi connectivity index (χ2v) is 7.47. The lowest BCUT2D eigenvalue weighted by molar-refractivity contribution is 0.0731. The van der Waals surface area contributed by atoms with Gasteiger partial charge in [0.25, 0.3) is 5.91 Å². The van der Waals surface area contributed by atoms with Crippen molar-refractivity contribution in [2.24, 2.45) is 0 Å². The largest absolute Gasteiger partial charge is 0.330 e. The highest BCUT2D eigenvalue weighted by molar-refractivity contribution is 7.08. The van der Waals surface area contributed by atoms with Crippen LogP contribution in [-0.4, -0.2) is 10.8 Å². The van der Waals surface area contributed by atoms with Crippen LogP contribution in [0.5, 0.6) is 0 Å². The van der Waals surface area contributed by atoms with E-state index in [4.69, 9.17) is 0 Å². The van der Waals surface area contributed by atoms with Crippen molar-refractivity contribution in [3.8, 4) is 11.1 Å². The summed E-state index contributed by atoms with van der Waals surface area (Å²) >= 11 is 1.64. The third kappa shape index (κ3) is 4.21. The van der Waals surface area contributed by atoms with Gasteiger partial charge in [-0.15, -0.1) is 0 Å². The molecule has 0 fully saturated rings. The van der Waals surface area contributed by atoms with Crippen LogP contribution in [0.25, 0.3) is 11.1 Å². The Balaban J connectivity index is 1.69. The summed E-state index contributed by atoms with van der Waals surface area (Å²) in [6, 6.07) is 30.3. The average molecular weight is 384 g/mol. The zero-order valence-corrected chi connectivity index (χ0v) is 16.3. The van der Waals surface area contributed by atoms with Gasteiger partial charge in [-0.3, -0.25) is 4.79 Å². The van der Waals surface area contributed by atoms with Gasteiger partial charge in [0, 0.05) is 18.7 Å². The van der Waals surface area contributed by atoms with Crippen LogP contribution in [-0.2, 0) is 13.1 Å². The molecule has 0 radical (unpaired) electrons. The molecule has 0 saturated heterocycles. The van der Waals surface area contributed by atoms with Gasteiger partial charge >= 0.3 is 0 Å². The normalized spacial score (nSPS) is 10.6. The number of thiophene rings is 1. The number of carbonyl (C=O) groups excluding carboxylic acids is 1. The first-order chi connectivity index (χ1) is 13.8. The third-order valence-electron chi connectivity index (χ3n) is 4.71. The SMILES string of the molecule is O=C(c1ccccc1-c1ccsc1)N(Cc1ccccc1)Cc1ccccc1. The van der Waals surface area contributed by atoms with Gasteiger partial charge in [0.1, 0.15) is 0 Å². The number of hydrogen-bond donors (Lipinski definition) is 0. The number of nitrogens with zero attached hydrogens (tertiary/aromatic N) is 1. The van der Waals surface area contributed by atoms with Crippen LogP contribution in [0.1, 0.15) is 21.5 Å². The minimum absolute atomic E-state index is 0.0505. The molecular weight excluding hydrogens is 362 g/mol. The van der Waals surface area contributed by atoms with Crippen molar-refractivity contribution in [2.75, 3.05) is 0 Å². The first-order valence-electron chi connectivity index (χ1n) is 9.30. The Bertz CT molecular complexity index is 985. The predicted molar refractivity (Wildman–Crippen MR) is 116 cm³/mol. The monoisotopic (exact) mass is 383 g/mol. The van der Waals surface area contributed by atoms with Gasteiger partial charge < -0.3 is 4.90 Å². The Morgan fingerprint density at radius 3 is 1.86 bits per heavy atom.